The third-order valence-electron chi connectivity index (χ3n) is 5.54. The summed E-state index contributed by atoms with van der Waals surface area (Å²) in [5, 5.41) is 13.6. The monoisotopic (exact) mass is 525 g/mol. The lowest BCUT2D eigenvalue weighted by atomic mass is 10.2. The van der Waals surface area contributed by atoms with E-state index in [1.807, 2.05) is 6.92 Å². The Labute approximate surface area is 212 Å². The first kappa shape index (κ1) is 25.9. The fourth-order valence-electron chi connectivity index (χ4n) is 3.58. The first-order chi connectivity index (χ1) is 17.7. The number of hydrogen-bond donors (Lipinski definition) is 2. The molecule has 0 aliphatic carbocycles. The van der Waals surface area contributed by atoms with Crippen LogP contribution in [-0.2, 0) is 21.3 Å². The maximum absolute atomic E-state index is 13.7. The van der Waals surface area contributed by atoms with Crippen LogP contribution in [0.4, 0.5) is 10.2 Å². The van der Waals surface area contributed by atoms with Gasteiger partial charge in [0.15, 0.2) is 17.3 Å². The number of nitrogens with one attached hydrogen (secondary N) is 1. The molecule has 0 spiro atoms. The topological polar surface area (TPSA) is 135 Å². The van der Waals surface area contributed by atoms with Gasteiger partial charge in [0.05, 0.1) is 23.4 Å². The Bertz CT molecular complexity index is 1530. The van der Waals surface area contributed by atoms with Crippen molar-refractivity contribution < 1.29 is 27.4 Å². The summed E-state index contributed by atoms with van der Waals surface area (Å²) in [5.41, 5.74) is 1.02. The van der Waals surface area contributed by atoms with Crippen molar-refractivity contribution in [3.63, 3.8) is 0 Å². The maximum atomic E-state index is 13.7. The Hall–Kier alpha value is -4.16. The summed E-state index contributed by atoms with van der Waals surface area (Å²) < 4.78 is 46.7. The summed E-state index contributed by atoms with van der Waals surface area (Å²) >= 11 is 0. The van der Waals surface area contributed by atoms with Gasteiger partial charge in [-0.05, 0) is 36.8 Å². The van der Waals surface area contributed by atoms with Crippen molar-refractivity contribution in [2.24, 2.45) is 0 Å². The number of pyridine rings is 1. The van der Waals surface area contributed by atoms with Crippen LogP contribution in [0.25, 0.3) is 10.9 Å². The first-order valence-electron chi connectivity index (χ1n) is 11.2. The Balaban J connectivity index is 1.81. The Morgan fingerprint density at radius 3 is 2.51 bits per heavy atom. The molecule has 0 saturated heterocycles. The third-order valence-corrected chi connectivity index (χ3v) is 7.35. The van der Waals surface area contributed by atoms with E-state index in [9.17, 15) is 22.7 Å². The molecule has 0 radical (unpaired) electrons. The van der Waals surface area contributed by atoms with Crippen molar-refractivity contribution in [1.29, 1.82) is 0 Å². The Morgan fingerprint density at radius 1 is 1.14 bits per heavy atom. The minimum atomic E-state index is -4.16. The maximum Gasteiger partial charge on any atom is 0.274 e. The largest absolute Gasteiger partial charge is 0.504 e. The number of carbonyl (C=O) groups excluding carboxylic acids is 1. The molecule has 0 fully saturated rings. The molecular weight excluding hydrogens is 501 g/mol. The number of fused-ring (bicyclic) bond motifs is 1. The highest BCUT2D eigenvalue weighted by Gasteiger charge is 2.30. The molecule has 0 aliphatic rings. The summed E-state index contributed by atoms with van der Waals surface area (Å²) in [6, 6.07) is 11.8. The molecule has 12 heteroatoms. The number of aryl methyl sites for hydroxylation is 1. The molecule has 0 bridgehead atoms. The average Bonchev–Trinajstić information content (AvgIpc) is 2.89. The first-order valence-corrected chi connectivity index (χ1v) is 12.6. The van der Waals surface area contributed by atoms with Crippen molar-refractivity contribution in [2.75, 3.05) is 24.6 Å². The van der Waals surface area contributed by atoms with Crippen LogP contribution in [0.2, 0.25) is 0 Å². The second-order valence-corrected chi connectivity index (χ2v) is 9.97. The van der Waals surface area contributed by atoms with Crippen LogP contribution in [0.15, 0.2) is 66.0 Å². The highest BCUT2D eigenvalue weighted by Crippen LogP contribution is 2.34. The number of aromatic nitrogens is 3. The molecule has 4 rings (SSSR count). The van der Waals surface area contributed by atoms with Gasteiger partial charge in [-0.2, -0.15) is 0 Å². The highest BCUT2D eigenvalue weighted by atomic mass is 32.2. The van der Waals surface area contributed by atoms with Crippen LogP contribution in [0.5, 0.6) is 5.75 Å². The van der Waals surface area contributed by atoms with E-state index in [4.69, 9.17) is 4.74 Å². The van der Waals surface area contributed by atoms with Gasteiger partial charge in [-0.25, -0.2) is 32.1 Å². The van der Waals surface area contributed by atoms with E-state index < -0.39 is 33.2 Å². The summed E-state index contributed by atoms with van der Waals surface area (Å²) in [7, 11) is -2.74. The smallest absolute Gasteiger partial charge is 0.274 e. The minimum absolute atomic E-state index is 0.0105. The number of hydrogen-bond acceptors (Lipinski definition) is 8. The number of sulfonamides is 1. The molecule has 2 N–H and O–H groups in total. The number of methoxy groups -OCH3 is 1. The van der Waals surface area contributed by atoms with E-state index >= 15 is 0 Å². The molecule has 10 nitrogen and oxygen atoms in total. The molecule has 2 aromatic carbocycles. The summed E-state index contributed by atoms with van der Waals surface area (Å²) in [6.45, 7) is 1.74. The van der Waals surface area contributed by atoms with Gasteiger partial charge in [0.2, 0.25) is 0 Å². The molecule has 1 amide bonds. The predicted octanol–water partition coefficient (Wildman–Crippen LogP) is 2.95. The zero-order valence-electron chi connectivity index (χ0n) is 20.1. The van der Waals surface area contributed by atoms with Crippen molar-refractivity contribution in [3.8, 4) is 5.75 Å². The van der Waals surface area contributed by atoms with Crippen LogP contribution in [0, 0.1) is 12.7 Å². The molecule has 0 saturated carbocycles. The van der Waals surface area contributed by atoms with Gasteiger partial charge in [-0.1, -0.05) is 29.8 Å². The number of nitrogens with zero attached hydrogens (tertiary/aromatic N) is 4. The normalized spacial score (nSPS) is 11.4. The lowest BCUT2D eigenvalue weighted by Gasteiger charge is -2.25. The minimum Gasteiger partial charge on any atom is -0.504 e. The number of halogens is 1. The Morgan fingerprint density at radius 2 is 1.84 bits per heavy atom. The van der Waals surface area contributed by atoms with Crippen molar-refractivity contribution >= 4 is 32.7 Å². The lowest BCUT2D eigenvalue weighted by molar-refractivity contribution is 0.0943. The molecule has 0 atom stereocenters. The fraction of sp³-hybridized carbons (Fsp3) is 0.200. The SMILES string of the molecule is COCCN(c1nc(C(=O)NCc2ccc(F)cc2)c(O)c2ncncc12)S(=O)(=O)c1ccc(C)cc1. The predicted molar refractivity (Wildman–Crippen MR) is 134 cm³/mol. The van der Waals surface area contributed by atoms with Gasteiger partial charge in [-0.3, -0.25) is 4.79 Å². The Kier molecular flexibility index (Phi) is 7.60. The van der Waals surface area contributed by atoms with Gasteiger partial charge in [0.25, 0.3) is 15.9 Å². The molecule has 2 heterocycles. The van der Waals surface area contributed by atoms with E-state index in [1.54, 1.807) is 12.1 Å². The quantitative estimate of drug-likeness (QED) is 0.341. The number of ether oxygens (including phenoxy) is 1. The van der Waals surface area contributed by atoms with Crippen LogP contribution in [0.1, 0.15) is 21.6 Å². The third kappa shape index (κ3) is 5.49. The number of rotatable bonds is 9. The number of carbonyl (C=O) groups is 1. The van der Waals surface area contributed by atoms with Crippen LogP contribution >= 0.6 is 0 Å². The lowest BCUT2D eigenvalue weighted by Crippen LogP contribution is -2.35. The molecule has 2 aromatic heterocycles. The van der Waals surface area contributed by atoms with Gasteiger partial charge < -0.3 is 15.2 Å². The molecule has 0 aliphatic heterocycles. The van der Waals surface area contributed by atoms with Crippen molar-refractivity contribution in [2.45, 2.75) is 18.4 Å². The number of anilines is 1. The zero-order chi connectivity index (χ0) is 26.6. The summed E-state index contributed by atoms with van der Waals surface area (Å²) in [4.78, 5) is 25.4. The number of aromatic hydroxyl groups is 1. The molecule has 192 valence electrons. The van der Waals surface area contributed by atoms with E-state index in [2.05, 4.69) is 20.3 Å². The van der Waals surface area contributed by atoms with E-state index in [-0.39, 0.29) is 41.3 Å². The second-order valence-electron chi connectivity index (χ2n) is 8.11. The summed E-state index contributed by atoms with van der Waals surface area (Å²) in [5.74, 6) is -1.86. The number of amides is 1. The van der Waals surface area contributed by atoms with Gasteiger partial charge >= 0.3 is 0 Å². The zero-order valence-corrected chi connectivity index (χ0v) is 20.9. The van der Waals surface area contributed by atoms with Gasteiger partial charge in [0.1, 0.15) is 17.7 Å². The standard InChI is InChI=1S/C25H24FN5O5S/c1-16-3-9-19(10-4-16)37(34,35)31(11-12-36-2)24-20-14-27-15-29-21(20)23(32)22(30-24)25(33)28-13-17-5-7-18(26)8-6-17/h3-10,14-15,32H,11-13H2,1-2H3,(H,28,33). The summed E-state index contributed by atoms with van der Waals surface area (Å²) in [6.07, 6.45) is 2.48. The average molecular weight is 526 g/mol. The van der Waals surface area contributed by atoms with Gasteiger partial charge in [0, 0.05) is 19.9 Å². The molecule has 4 aromatic rings. The van der Waals surface area contributed by atoms with E-state index in [0.717, 1.165) is 9.87 Å². The molecular formula is C25H24FN5O5S. The highest BCUT2D eigenvalue weighted by molar-refractivity contribution is 7.92. The molecule has 37 heavy (non-hydrogen) atoms. The fourth-order valence-corrected chi connectivity index (χ4v) is 5.00. The van der Waals surface area contributed by atoms with Crippen LogP contribution < -0.4 is 9.62 Å². The van der Waals surface area contributed by atoms with Gasteiger partial charge in [-0.15, -0.1) is 0 Å². The van der Waals surface area contributed by atoms with Crippen molar-refractivity contribution in [1.82, 2.24) is 20.3 Å². The van der Waals surface area contributed by atoms with E-state index in [0.29, 0.717) is 5.56 Å². The second kappa shape index (κ2) is 10.8. The molecule has 0 unspecified atom stereocenters. The van der Waals surface area contributed by atoms with Crippen LogP contribution in [0.3, 0.4) is 0 Å². The van der Waals surface area contributed by atoms with Crippen LogP contribution in [-0.4, -0.2) is 54.6 Å². The van der Waals surface area contributed by atoms with E-state index in [1.165, 1.54) is 56.0 Å². The number of benzene rings is 2. The van der Waals surface area contributed by atoms with Crippen molar-refractivity contribution in [3.05, 3.63) is 83.7 Å².